The number of aromatic nitrogens is 3. The standard InChI is InChI=1S/C10H18ClN3/c1-3-5-6-7-14-8-10(12-13-14)9(11)4-2/h8-9H,3-7H2,1-2H3. The first kappa shape index (κ1) is 11.5. The number of hydrogen-bond donors (Lipinski definition) is 0. The van der Waals surface area contributed by atoms with Crippen molar-refractivity contribution in [3.63, 3.8) is 0 Å². The van der Waals surface area contributed by atoms with Gasteiger partial charge in [-0.3, -0.25) is 4.68 Å². The van der Waals surface area contributed by atoms with Gasteiger partial charge in [0.05, 0.1) is 5.38 Å². The molecule has 1 aromatic heterocycles. The molecule has 0 amide bonds. The summed E-state index contributed by atoms with van der Waals surface area (Å²) in [4.78, 5) is 0. The third-order valence-corrected chi connectivity index (χ3v) is 2.76. The van der Waals surface area contributed by atoms with Gasteiger partial charge in [0.15, 0.2) is 0 Å². The Bertz CT molecular complexity index is 260. The Morgan fingerprint density at radius 2 is 2.21 bits per heavy atom. The van der Waals surface area contributed by atoms with Crippen molar-refractivity contribution in [2.45, 2.75) is 51.5 Å². The smallest absolute Gasteiger partial charge is 0.100 e. The second-order valence-electron chi connectivity index (χ2n) is 3.49. The van der Waals surface area contributed by atoms with Crippen molar-refractivity contribution in [1.82, 2.24) is 15.0 Å². The minimum absolute atomic E-state index is 0.00919. The summed E-state index contributed by atoms with van der Waals surface area (Å²) in [6, 6.07) is 0. The largest absolute Gasteiger partial charge is 0.252 e. The van der Waals surface area contributed by atoms with Crippen molar-refractivity contribution in [2.24, 2.45) is 0 Å². The topological polar surface area (TPSA) is 30.7 Å². The monoisotopic (exact) mass is 215 g/mol. The van der Waals surface area contributed by atoms with Crippen LogP contribution in [0, 0.1) is 0 Å². The molecule has 0 aromatic carbocycles. The highest BCUT2D eigenvalue weighted by atomic mass is 35.5. The highest BCUT2D eigenvalue weighted by molar-refractivity contribution is 6.20. The van der Waals surface area contributed by atoms with E-state index in [4.69, 9.17) is 11.6 Å². The van der Waals surface area contributed by atoms with Gasteiger partial charge in [-0.15, -0.1) is 16.7 Å². The second kappa shape index (κ2) is 6.02. The quantitative estimate of drug-likeness (QED) is 0.539. The fourth-order valence-corrected chi connectivity index (χ4v) is 1.40. The van der Waals surface area contributed by atoms with E-state index in [9.17, 15) is 0 Å². The molecule has 1 heterocycles. The Kier molecular flexibility index (Phi) is 4.94. The number of aryl methyl sites for hydroxylation is 1. The fourth-order valence-electron chi connectivity index (χ4n) is 1.30. The summed E-state index contributed by atoms with van der Waals surface area (Å²) in [7, 11) is 0. The van der Waals surface area contributed by atoms with E-state index in [-0.39, 0.29) is 5.38 Å². The van der Waals surface area contributed by atoms with E-state index in [1.54, 1.807) is 0 Å². The van der Waals surface area contributed by atoms with Gasteiger partial charge in [-0.1, -0.05) is 31.9 Å². The molecule has 80 valence electrons. The van der Waals surface area contributed by atoms with Gasteiger partial charge in [-0.2, -0.15) is 0 Å². The van der Waals surface area contributed by atoms with Gasteiger partial charge in [0, 0.05) is 12.7 Å². The molecule has 0 fully saturated rings. The van der Waals surface area contributed by atoms with Crippen LogP contribution in [0.3, 0.4) is 0 Å². The minimum atomic E-state index is 0.00919. The molecule has 0 saturated carbocycles. The van der Waals surface area contributed by atoms with Crippen LogP contribution in [0.25, 0.3) is 0 Å². The average Bonchev–Trinajstić information content (AvgIpc) is 2.66. The molecular weight excluding hydrogens is 198 g/mol. The molecule has 1 aromatic rings. The maximum atomic E-state index is 6.05. The highest BCUT2D eigenvalue weighted by Crippen LogP contribution is 2.20. The van der Waals surface area contributed by atoms with E-state index in [1.165, 1.54) is 19.3 Å². The number of alkyl halides is 1. The third kappa shape index (κ3) is 3.29. The van der Waals surface area contributed by atoms with Crippen LogP contribution in [0.5, 0.6) is 0 Å². The van der Waals surface area contributed by atoms with Crippen molar-refractivity contribution >= 4 is 11.6 Å². The molecule has 4 heteroatoms. The first-order valence-corrected chi connectivity index (χ1v) is 5.75. The second-order valence-corrected chi connectivity index (χ2v) is 4.02. The summed E-state index contributed by atoms with van der Waals surface area (Å²) >= 11 is 6.05. The number of nitrogens with zero attached hydrogens (tertiary/aromatic N) is 3. The zero-order valence-corrected chi connectivity index (χ0v) is 9.67. The molecule has 1 unspecified atom stereocenters. The van der Waals surface area contributed by atoms with Crippen LogP contribution in [-0.2, 0) is 6.54 Å². The van der Waals surface area contributed by atoms with Gasteiger partial charge in [0.2, 0.25) is 0 Å². The molecule has 0 N–H and O–H groups in total. The Balaban J connectivity index is 2.42. The lowest BCUT2D eigenvalue weighted by Crippen LogP contribution is -1.98. The minimum Gasteiger partial charge on any atom is -0.252 e. The van der Waals surface area contributed by atoms with Crippen molar-refractivity contribution in [2.75, 3.05) is 0 Å². The summed E-state index contributed by atoms with van der Waals surface area (Å²) < 4.78 is 1.88. The average molecular weight is 216 g/mol. The zero-order chi connectivity index (χ0) is 10.4. The Morgan fingerprint density at radius 1 is 1.43 bits per heavy atom. The lowest BCUT2D eigenvalue weighted by atomic mass is 10.2. The summed E-state index contributed by atoms with van der Waals surface area (Å²) in [5.74, 6) is 0. The van der Waals surface area contributed by atoms with Crippen molar-refractivity contribution in [1.29, 1.82) is 0 Å². The maximum absolute atomic E-state index is 6.05. The van der Waals surface area contributed by atoms with Crippen LogP contribution in [0.1, 0.15) is 50.6 Å². The fraction of sp³-hybridized carbons (Fsp3) is 0.800. The molecule has 0 radical (unpaired) electrons. The summed E-state index contributed by atoms with van der Waals surface area (Å²) in [6.07, 6.45) is 6.49. The summed E-state index contributed by atoms with van der Waals surface area (Å²) in [6.45, 7) is 5.20. The lowest BCUT2D eigenvalue weighted by molar-refractivity contribution is 0.537. The van der Waals surface area contributed by atoms with Gasteiger partial charge >= 0.3 is 0 Å². The van der Waals surface area contributed by atoms with Crippen LogP contribution in [0.4, 0.5) is 0 Å². The number of halogens is 1. The molecule has 0 saturated heterocycles. The Labute approximate surface area is 90.4 Å². The first-order chi connectivity index (χ1) is 6.77. The number of hydrogen-bond acceptors (Lipinski definition) is 2. The Hall–Kier alpha value is -0.570. The SMILES string of the molecule is CCCCCn1cc(C(Cl)CC)nn1. The van der Waals surface area contributed by atoms with Gasteiger partial charge < -0.3 is 0 Å². The molecule has 1 atom stereocenters. The van der Waals surface area contributed by atoms with E-state index < -0.39 is 0 Å². The van der Waals surface area contributed by atoms with Crippen molar-refractivity contribution in [3.8, 4) is 0 Å². The highest BCUT2D eigenvalue weighted by Gasteiger charge is 2.09. The predicted molar refractivity (Wildman–Crippen MR) is 58.4 cm³/mol. The molecule has 0 aliphatic carbocycles. The van der Waals surface area contributed by atoms with E-state index in [0.717, 1.165) is 18.7 Å². The van der Waals surface area contributed by atoms with Crippen LogP contribution in [0.15, 0.2) is 6.20 Å². The summed E-state index contributed by atoms with van der Waals surface area (Å²) in [5.41, 5.74) is 0.894. The molecule has 0 aliphatic heterocycles. The number of rotatable bonds is 6. The normalized spacial score (nSPS) is 13.1. The van der Waals surface area contributed by atoms with Crippen LogP contribution >= 0.6 is 11.6 Å². The summed E-state index contributed by atoms with van der Waals surface area (Å²) in [5, 5.41) is 8.10. The molecular formula is C10H18ClN3. The van der Waals surface area contributed by atoms with Gasteiger partial charge in [0.25, 0.3) is 0 Å². The van der Waals surface area contributed by atoms with E-state index >= 15 is 0 Å². The van der Waals surface area contributed by atoms with Crippen LogP contribution < -0.4 is 0 Å². The molecule has 14 heavy (non-hydrogen) atoms. The lowest BCUT2D eigenvalue weighted by Gasteiger charge is -1.99. The third-order valence-electron chi connectivity index (χ3n) is 2.23. The van der Waals surface area contributed by atoms with Crippen molar-refractivity contribution in [3.05, 3.63) is 11.9 Å². The van der Waals surface area contributed by atoms with E-state index in [0.29, 0.717) is 0 Å². The van der Waals surface area contributed by atoms with Gasteiger partial charge in [-0.25, -0.2) is 0 Å². The zero-order valence-electron chi connectivity index (χ0n) is 8.91. The predicted octanol–water partition coefficient (Wildman–Crippen LogP) is 3.16. The van der Waals surface area contributed by atoms with Crippen LogP contribution in [-0.4, -0.2) is 15.0 Å². The molecule has 1 rings (SSSR count). The molecule has 0 aliphatic rings. The maximum Gasteiger partial charge on any atom is 0.100 e. The Morgan fingerprint density at radius 3 is 2.86 bits per heavy atom. The van der Waals surface area contributed by atoms with Gasteiger partial charge in [0.1, 0.15) is 5.69 Å². The first-order valence-electron chi connectivity index (χ1n) is 5.32. The molecule has 3 nitrogen and oxygen atoms in total. The number of unbranched alkanes of at least 4 members (excludes halogenated alkanes) is 2. The molecule has 0 bridgehead atoms. The molecule has 0 spiro atoms. The van der Waals surface area contributed by atoms with E-state index in [1.807, 2.05) is 17.8 Å². The van der Waals surface area contributed by atoms with Crippen molar-refractivity contribution < 1.29 is 0 Å². The van der Waals surface area contributed by atoms with E-state index in [2.05, 4.69) is 17.2 Å². The van der Waals surface area contributed by atoms with Gasteiger partial charge in [-0.05, 0) is 12.8 Å². The van der Waals surface area contributed by atoms with Crippen LogP contribution in [0.2, 0.25) is 0 Å².